The monoisotopic (exact) mass is 340 g/mol. The lowest BCUT2D eigenvalue weighted by Gasteiger charge is -2.27. The summed E-state index contributed by atoms with van der Waals surface area (Å²) in [6.07, 6.45) is 0.515. The molecule has 1 aliphatic rings. The average Bonchev–Trinajstić information content (AvgIpc) is 2.86. The summed E-state index contributed by atoms with van der Waals surface area (Å²) in [5.74, 6) is 0.116. The van der Waals surface area contributed by atoms with Crippen molar-refractivity contribution in [3.63, 3.8) is 0 Å². The molecule has 0 radical (unpaired) electrons. The molecule has 128 valence electrons. The summed E-state index contributed by atoms with van der Waals surface area (Å²) < 4.78 is 28.2. The summed E-state index contributed by atoms with van der Waals surface area (Å²) in [4.78, 5) is 14.1. The lowest BCUT2D eigenvalue weighted by atomic mass is 10.1. The van der Waals surface area contributed by atoms with Crippen LogP contribution in [0.3, 0.4) is 0 Å². The highest BCUT2D eigenvalue weighted by atomic mass is 32.2. The van der Waals surface area contributed by atoms with Gasteiger partial charge in [-0.25, -0.2) is 8.42 Å². The van der Waals surface area contributed by atoms with Crippen molar-refractivity contribution in [1.29, 1.82) is 0 Å². The third-order valence-corrected chi connectivity index (χ3v) is 5.85. The van der Waals surface area contributed by atoms with Crippen LogP contribution >= 0.6 is 0 Å². The molecule has 1 amide bonds. The fraction of sp³-hybridized carbons (Fsp3) is 0.562. The number of likely N-dealkylation sites (N-methyl/N-ethyl adjacent to an activating group) is 1. The zero-order chi connectivity index (χ0) is 17.0. The van der Waals surface area contributed by atoms with E-state index in [0.717, 1.165) is 11.3 Å². The number of hydrogen-bond donors (Lipinski definition) is 1. The minimum Gasteiger partial charge on any atom is -0.380 e. The molecule has 1 heterocycles. The topological polar surface area (TPSA) is 75.7 Å². The van der Waals surface area contributed by atoms with Crippen LogP contribution in [-0.4, -0.2) is 57.0 Å². The molecule has 2 rings (SSSR count). The molecule has 0 aromatic heterocycles. The Labute approximate surface area is 137 Å². The zero-order valence-corrected chi connectivity index (χ0v) is 14.6. The molecule has 1 saturated heterocycles. The van der Waals surface area contributed by atoms with Gasteiger partial charge in [-0.3, -0.25) is 4.79 Å². The van der Waals surface area contributed by atoms with Crippen LogP contribution in [0.4, 0.5) is 5.69 Å². The van der Waals surface area contributed by atoms with Gasteiger partial charge in [0.15, 0.2) is 9.84 Å². The molecule has 1 aliphatic heterocycles. The van der Waals surface area contributed by atoms with E-state index >= 15 is 0 Å². The smallest absolute Gasteiger partial charge is 0.244 e. The number of amides is 1. The van der Waals surface area contributed by atoms with Gasteiger partial charge in [0.2, 0.25) is 5.91 Å². The third kappa shape index (κ3) is 4.68. The lowest BCUT2D eigenvalue weighted by molar-refractivity contribution is -0.132. The number of sulfone groups is 1. The molecular formula is C16H24N2O4S. The van der Waals surface area contributed by atoms with Crippen LogP contribution in [0.5, 0.6) is 0 Å². The molecule has 0 spiro atoms. The molecule has 23 heavy (non-hydrogen) atoms. The number of rotatable bonds is 6. The van der Waals surface area contributed by atoms with Gasteiger partial charge in [0, 0.05) is 25.9 Å². The van der Waals surface area contributed by atoms with Crippen molar-refractivity contribution in [1.82, 2.24) is 4.90 Å². The van der Waals surface area contributed by atoms with E-state index in [1.54, 1.807) is 26.0 Å². The van der Waals surface area contributed by atoms with Crippen molar-refractivity contribution in [3.8, 4) is 0 Å². The highest BCUT2D eigenvalue weighted by Crippen LogP contribution is 2.18. The summed E-state index contributed by atoms with van der Waals surface area (Å²) in [5, 5.41) is 3.17. The van der Waals surface area contributed by atoms with Crippen molar-refractivity contribution in [2.45, 2.75) is 32.0 Å². The summed E-state index contributed by atoms with van der Waals surface area (Å²) >= 11 is 0. The molecule has 2 atom stereocenters. The Balaban J connectivity index is 1.98. The van der Waals surface area contributed by atoms with E-state index in [1.165, 1.54) is 0 Å². The first-order valence-electron chi connectivity index (χ1n) is 7.64. The van der Waals surface area contributed by atoms with E-state index in [4.69, 9.17) is 4.74 Å². The summed E-state index contributed by atoms with van der Waals surface area (Å²) in [6.45, 7) is 2.29. The summed E-state index contributed by atoms with van der Waals surface area (Å²) in [5.41, 5.74) is 1.86. The van der Waals surface area contributed by atoms with Crippen LogP contribution < -0.4 is 5.32 Å². The first-order valence-corrected chi connectivity index (χ1v) is 9.46. The number of carbonyl (C=O) groups excluding carboxylic acids is 1. The van der Waals surface area contributed by atoms with E-state index < -0.39 is 15.9 Å². The minimum atomic E-state index is -3.00. The van der Waals surface area contributed by atoms with Crippen molar-refractivity contribution in [2.75, 3.05) is 31.0 Å². The van der Waals surface area contributed by atoms with E-state index in [9.17, 15) is 13.2 Å². The molecule has 1 fully saturated rings. The van der Waals surface area contributed by atoms with E-state index in [2.05, 4.69) is 5.32 Å². The standard InChI is InChI=1S/C16H24N2O4S/c1-12(17-14-6-4-5-13(9-14)10-22-3)16(19)18(2)15-7-8-23(20,21)11-15/h4-6,9,12,15,17H,7-8,10-11H2,1-3H3/t12-,15+/m1/s1. The number of nitrogens with zero attached hydrogens (tertiary/aromatic N) is 1. The van der Waals surface area contributed by atoms with Crippen LogP contribution in [0.15, 0.2) is 24.3 Å². The number of carbonyl (C=O) groups is 1. The van der Waals surface area contributed by atoms with Gasteiger partial charge in [-0.05, 0) is 31.0 Å². The van der Waals surface area contributed by atoms with Gasteiger partial charge in [-0.2, -0.15) is 0 Å². The van der Waals surface area contributed by atoms with Crippen LogP contribution in [-0.2, 0) is 26.0 Å². The van der Waals surface area contributed by atoms with Gasteiger partial charge in [0.1, 0.15) is 6.04 Å². The van der Waals surface area contributed by atoms with E-state index in [0.29, 0.717) is 13.0 Å². The first kappa shape index (κ1) is 17.7. The SMILES string of the molecule is COCc1cccc(N[C@H](C)C(=O)N(C)[C@H]2CCS(=O)(=O)C2)c1. The second-order valence-corrected chi connectivity index (χ2v) is 8.23. The quantitative estimate of drug-likeness (QED) is 0.844. The van der Waals surface area contributed by atoms with Gasteiger partial charge >= 0.3 is 0 Å². The number of anilines is 1. The Hall–Kier alpha value is -1.60. The van der Waals surface area contributed by atoms with Crippen molar-refractivity contribution >= 4 is 21.4 Å². The Kier molecular flexibility index (Phi) is 5.64. The molecular weight excluding hydrogens is 316 g/mol. The van der Waals surface area contributed by atoms with Crippen molar-refractivity contribution in [3.05, 3.63) is 29.8 Å². The van der Waals surface area contributed by atoms with E-state index in [1.807, 2.05) is 24.3 Å². The highest BCUT2D eigenvalue weighted by Gasteiger charge is 2.34. The zero-order valence-electron chi connectivity index (χ0n) is 13.8. The van der Waals surface area contributed by atoms with Crippen LogP contribution in [0.1, 0.15) is 18.9 Å². The summed E-state index contributed by atoms with van der Waals surface area (Å²) in [6, 6.07) is 7.03. The Morgan fingerprint density at radius 3 is 2.83 bits per heavy atom. The van der Waals surface area contributed by atoms with Gasteiger partial charge in [-0.15, -0.1) is 0 Å². The fourth-order valence-corrected chi connectivity index (χ4v) is 4.57. The molecule has 0 aliphatic carbocycles. The largest absolute Gasteiger partial charge is 0.380 e. The maximum absolute atomic E-state index is 12.5. The minimum absolute atomic E-state index is 0.0608. The second-order valence-electron chi connectivity index (χ2n) is 6.01. The van der Waals surface area contributed by atoms with Gasteiger partial charge in [-0.1, -0.05) is 12.1 Å². The van der Waals surface area contributed by atoms with Crippen LogP contribution in [0.25, 0.3) is 0 Å². The fourth-order valence-electron chi connectivity index (χ4n) is 2.80. The van der Waals surface area contributed by atoms with Gasteiger partial charge in [0.05, 0.1) is 18.1 Å². The normalized spacial score (nSPS) is 20.9. The molecule has 0 bridgehead atoms. The Morgan fingerprint density at radius 1 is 1.48 bits per heavy atom. The number of methoxy groups -OCH3 is 1. The van der Waals surface area contributed by atoms with Crippen LogP contribution in [0, 0.1) is 0 Å². The van der Waals surface area contributed by atoms with Gasteiger partial charge < -0.3 is 15.0 Å². The number of nitrogens with one attached hydrogen (secondary N) is 1. The Morgan fingerprint density at radius 2 is 2.22 bits per heavy atom. The van der Waals surface area contributed by atoms with E-state index in [-0.39, 0.29) is 23.5 Å². The third-order valence-electron chi connectivity index (χ3n) is 4.10. The lowest BCUT2D eigenvalue weighted by Crippen LogP contribution is -2.45. The van der Waals surface area contributed by atoms with Crippen molar-refractivity contribution in [2.24, 2.45) is 0 Å². The maximum atomic E-state index is 12.5. The molecule has 1 aromatic rings. The van der Waals surface area contributed by atoms with Gasteiger partial charge in [0.25, 0.3) is 0 Å². The molecule has 0 unspecified atom stereocenters. The highest BCUT2D eigenvalue weighted by molar-refractivity contribution is 7.91. The number of hydrogen-bond acceptors (Lipinski definition) is 5. The average molecular weight is 340 g/mol. The molecule has 6 nitrogen and oxygen atoms in total. The number of benzene rings is 1. The maximum Gasteiger partial charge on any atom is 0.244 e. The van der Waals surface area contributed by atoms with Crippen LogP contribution in [0.2, 0.25) is 0 Å². The predicted molar refractivity (Wildman–Crippen MR) is 90.1 cm³/mol. The molecule has 1 N–H and O–H groups in total. The molecule has 1 aromatic carbocycles. The second kappa shape index (κ2) is 7.31. The molecule has 0 saturated carbocycles. The molecule has 7 heteroatoms. The number of ether oxygens (including phenoxy) is 1. The predicted octanol–water partition coefficient (Wildman–Crippen LogP) is 1.28. The Bertz CT molecular complexity index is 660. The van der Waals surface area contributed by atoms with Crippen molar-refractivity contribution < 1.29 is 17.9 Å². The first-order chi connectivity index (χ1) is 10.8. The summed E-state index contributed by atoms with van der Waals surface area (Å²) in [7, 11) is 0.311.